The van der Waals surface area contributed by atoms with Crippen molar-refractivity contribution in [3.8, 4) is 0 Å². The van der Waals surface area contributed by atoms with Gasteiger partial charge in [0, 0.05) is 34.2 Å². The molecule has 23 heavy (non-hydrogen) atoms. The van der Waals surface area contributed by atoms with Gasteiger partial charge >= 0.3 is 0 Å². The third-order valence-electron chi connectivity index (χ3n) is 3.29. The van der Waals surface area contributed by atoms with Crippen LogP contribution < -0.4 is 5.32 Å². The molecular weight excluding hydrogens is 403 g/mol. The number of allylic oxidation sites excluding steroid dienone is 1. The van der Waals surface area contributed by atoms with Crippen LogP contribution in [0.3, 0.4) is 0 Å². The van der Waals surface area contributed by atoms with Crippen LogP contribution in [0.15, 0.2) is 17.6 Å². The second kappa shape index (κ2) is 14.8. The van der Waals surface area contributed by atoms with Gasteiger partial charge in [0.05, 0.1) is 0 Å². The number of likely N-dealkylation sites (N-methyl/N-ethyl adjacent to an activating group) is 1. The van der Waals surface area contributed by atoms with Crippen LogP contribution in [-0.2, 0) is 4.79 Å². The first-order valence-electron chi connectivity index (χ1n) is 8.19. The predicted molar refractivity (Wildman–Crippen MR) is 111 cm³/mol. The minimum Gasteiger partial charge on any atom is -0.356 e. The Morgan fingerprint density at radius 1 is 1.22 bits per heavy atom. The monoisotopic (exact) mass is 438 g/mol. The van der Waals surface area contributed by atoms with Gasteiger partial charge in [-0.25, -0.2) is 4.99 Å². The highest BCUT2D eigenvalue weighted by Crippen LogP contribution is 2.02. The van der Waals surface area contributed by atoms with E-state index in [1.807, 2.05) is 13.1 Å². The fourth-order valence-corrected chi connectivity index (χ4v) is 1.81. The van der Waals surface area contributed by atoms with E-state index in [2.05, 4.69) is 35.6 Å². The molecule has 0 fully saturated rings. The third kappa shape index (κ3) is 13.4. The molecule has 0 spiro atoms. The van der Waals surface area contributed by atoms with Crippen molar-refractivity contribution in [2.45, 2.75) is 39.5 Å². The Kier molecular flexibility index (Phi) is 15.7. The van der Waals surface area contributed by atoms with Crippen LogP contribution in [0, 0.1) is 5.92 Å². The average molecular weight is 438 g/mol. The first-order valence-corrected chi connectivity index (χ1v) is 8.19. The van der Waals surface area contributed by atoms with Crippen LogP contribution >= 0.6 is 24.0 Å². The van der Waals surface area contributed by atoms with Crippen molar-refractivity contribution in [2.75, 3.05) is 40.8 Å². The lowest BCUT2D eigenvalue weighted by molar-refractivity contribution is -0.127. The van der Waals surface area contributed by atoms with E-state index < -0.39 is 0 Å². The van der Waals surface area contributed by atoms with Crippen molar-refractivity contribution in [1.29, 1.82) is 0 Å². The van der Waals surface area contributed by atoms with Crippen LogP contribution in [0.5, 0.6) is 0 Å². The summed E-state index contributed by atoms with van der Waals surface area (Å²) in [5.74, 6) is 1.37. The maximum absolute atomic E-state index is 11.7. The maximum atomic E-state index is 11.7. The van der Waals surface area contributed by atoms with Gasteiger partial charge in [0.2, 0.25) is 5.91 Å². The van der Waals surface area contributed by atoms with E-state index in [1.165, 1.54) is 12.8 Å². The molecule has 6 heteroatoms. The third-order valence-corrected chi connectivity index (χ3v) is 3.29. The Bertz CT molecular complexity index is 357. The number of aliphatic imine (C=N–C) groups is 1. The fraction of sp³-hybridized carbons (Fsp3) is 0.765. The Labute approximate surface area is 159 Å². The largest absolute Gasteiger partial charge is 0.356 e. The van der Waals surface area contributed by atoms with Gasteiger partial charge in [0.25, 0.3) is 0 Å². The number of carbonyl (C=O) groups excluding carboxylic acids is 1. The molecule has 0 aliphatic heterocycles. The van der Waals surface area contributed by atoms with E-state index in [0.29, 0.717) is 5.92 Å². The van der Waals surface area contributed by atoms with Gasteiger partial charge in [-0.1, -0.05) is 26.3 Å². The number of guanidine groups is 1. The van der Waals surface area contributed by atoms with Gasteiger partial charge in [-0.15, -0.1) is 30.6 Å². The van der Waals surface area contributed by atoms with Crippen molar-refractivity contribution < 1.29 is 4.79 Å². The smallest absolute Gasteiger partial charge is 0.243 e. The Morgan fingerprint density at radius 3 is 2.39 bits per heavy atom. The lowest BCUT2D eigenvalue weighted by atomic mass is 10.2. The number of unbranched alkanes of at least 4 members (excludes halogenated alkanes) is 3. The number of rotatable bonds is 10. The zero-order valence-electron chi connectivity index (χ0n) is 15.5. The summed E-state index contributed by atoms with van der Waals surface area (Å²) in [6, 6.07) is 0. The van der Waals surface area contributed by atoms with E-state index in [4.69, 9.17) is 0 Å². The molecule has 0 aromatic rings. The number of amides is 1. The topological polar surface area (TPSA) is 47.9 Å². The predicted octanol–water partition coefficient (Wildman–Crippen LogP) is 2.97. The number of nitrogens with zero attached hydrogens (tertiary/aromatic N) is 3. The molecule has 136 valence electrons. The summed E-state index contributed by atoms with van der Waals surface area (Å²) in [6.07, 6.45) is 6.53. The molecule has 1 amide bonds. The van der Waals surface area contributed by atoms with Gasteiger partial charge in [-0.2, -0.15) is 0 Å². The van der Waals surface area contributed by atoms with Gasteiger partial charge < -0.3 is 15.1 Å². The zero-order chi connectivity index (χ0) is 17.0. The molecule has 0 bridgehead atoms. The molecule has 0 aliphatic rings. The van der Waals surface area contributed by atoms with E-state index in [0.717, 1.165) is 31.9 Å². The van der Waals surface area contributed by atoms with E-state index in [9.17, 15) is 4.79 Å². The highest BCUT2D eigenvalue weighted by Gasteiger charge is 2.09. The summed E-state index contributed by atoms with van der Waals surface area (Å²) in [5.41, 5.74) is 0. The zero-order valence-corrected chi connectivity index (χ0v) is 17.8. The van der Waals surface area contributed by atoms with Crippen LogP contribution in [0.4, 0.5) is 0 Å². The molecule has 1 N–H and O–H groups in total. The molecule has 0 rings (SSSR count). The van der Waals surface area contributed by atoms with Gasteiger partial charge in [0.15, 0.2) is 5.96 Å². The quantitative estimate of drug-likeness (QED) is 0.188. The van der Waals surface area contributed by atoms with Gasteiger partial charge in [0.1, 0.15) is 6.54 Å². The van der Waals surface area contributed by atoms with E-state index in [-0.39, 0.29) is 36.4 Å². The molecular formula is C17H35IN4O. The molecule has 5 nitrogen and oxygen atoms in total. The fourth-order valence-electron chi connectivity index (χ4n) is 1.81. The van der Waals surface area contributed by atoms with Crippen LogP contribution in [0.2, 0.25) is 0 Å². The number of nitrogens with one attached hydrogen (secondary N) is 1. The number of halogens is 1. The van der Waals surface area contributed by atoms with Crippen molar-refractivity contribution in [3.05, 3.63) is 12.7 Å². The summed E-state index contributed by atoms with van der Waals surface area (Å²) in [7, 11) is 5.53. The van der Waals surface area contributed by atoms with Crippen molar-refractivity contribution in [2.24, 2.45) is 10.9 Å². The highest BCUT2D eigenvalue weighted by molar-refractivity contribution is 14.0. The highest BCUT2D eigenvalue weighted by atomic mass is 127. The molecule has 0 aliphatic carbocycles. The van der Waals surface area contributed by atoms with Crippen molar-refractivity contribution in [1.82, 2.24) is 15.1 Å². The van der Waals surface area contributed by atoms with Crippen LogP contribution in [0.25, 0.3) is 0 Å². The lowest BCUT2D eigenvalue weighted by Crippen LogP contribution is -2.41. The number of carbonyl (C=O) groups is 1. The molecule has 0 atom stereocenters. The Balaban J connectivity index is 0. The summed E-state index contributed by atoms with van der Waals surface area (Å²) >= 11 is 0. The van der Waals surface area contributed by atoms with E-state index in [1.54, 1.807) is 19.0 Å². The molecule has 0 radical (unpaired) electrons. The minimum absolute atomic E-state index is 0. The summed E-state index contributed by atoms with van der Waals surface area (Å²) in [4.78, 5) is 19.8. The summed E-state index contributed by atoms with van der Waals surface area (Å²) < 4.78 is 0. The minimum atomic E-state index is 0. The van der Waals surface area contributed by atoms with Gasteiger partial charge in [-0.3, -0.25) is 4.79 Å². The normalized spacial score (nSPS) is 11.0. The van der Waals surface area contributed by atoms with Crippen molar-refractivity contribution >= 4 is 35.8 Å². The van der Waals surface area contributed by atoms with E-state index >= 15 is 0 Å². The average Bonchev–Trinajstić information content (AvgIpc) is 2.46. The maximum Gasteiger partial charge on any atom is 0.243 e. The Morgan fingerprint density at radius 2 is 1.87 bits per heavy atom. The molecule has 0 aromatic heterocycles. The number of hydrogen-bond acceptors (Lipinski definition) is 2. The van der Waals surface area contributed by atoms with Gasteiger partial charge in [-0.05, 0) is 25.2 Å². The SMILES string of the molecule is C=CCCCCCN(C)C(=NCC(=O)N(C)C)NCC(C)C.I. The second-order valence-corrected chi connectivity index (χ2v) is 6.26. The first kappa shape index (κ1) is 24.5. The molecule has 0 heterocycles. The molecule has 0 saturated carbocycles. The molecule has 0 saturated heterocycles. The van der Waals surface area contributed by atoms with Crippen LogP contribution in [-0.4, -0.2) is 62.4 Å². The number of hydrogen-bond donors (Lipinski definition) is 1. The first-order chi connectivity index (χ1) is 10.4. The summed E-state index contributed by atoms with van der Waals surface area (Å²) in [5, 5.41) is 3.35. The molecule has 0 unspecified atom stereocenters. The standard InChI is InChI=1S/C17H34N4O.HI/c1-7-8-9-10-11-12-21(6)17(18-13-15(2)3)19-14-16(22)20(4)5;/h7,15H,1,8-14H2,2-6H3,(H,18,19);1H. The Hall–Kier alpha value is -0.790. The lowest BCUT2D eigenvalue weighted by Gasteiger charge is -2.23. The molecule has 0 aromatic carbocycles. The van der Waals surface area contributed by atoms with Crippen molar-refractivity contribution in [3.63, 3.8) is 0 Å². The van der Waals surface area contributed by atoms with Crippen LogP contribution in [0.1, 0.15) is 39.5 Å². The summed E-state index contributed by atoms with van der Waals surface area (Å²) in [6.45, 7) is 10.0. The second-order valence-electron chi connectivity index (χ2n) is 6.26.